The Morgan fingerprint density at radius 3 is 3.09 bits per heavy atom. The molecule has 1 aliphatic rings. The number of nitrogens with one attached hydrogen (secondary N) is 1. The smallest absolute Gasteiger partial charge is 0.254 e. The first-order valence-corrected chi connectivity index (χ1v) is 7.74. The predicted molar refractivity (Wildman–Crippen MR) is 87.5 cm³/mol. The fraction of sp³-hybridized carbons (Fsp3) is 0.222. The Morgan fingerprint density at radius 1 is 1.26 bits per heavy atom. The second kappa shape index (κ2) is 5.76. The number of aromatic nitrogens is 2. The number of rotatable bonds is 3. The van der Waals surface area contributed by atoms with Crippen molar-refractivity contribution in [2.75, 3.05) is 13.1 Å². The number of carbonyl (C=O) groups excluding carboxylic acids is 1. The van der Waals surface area contributed by atoms with Crippen molar-refractivity contribution in [3.8, 4) is 5.88 Å². The monoisotopic (exact) mass is 307 g/mol. The number of fused-ring (bicyclic) bond motifs is 1. The molecule has 1 N–H and O–H groups in total. The largest absolute Gasteiger partial charge is 0.472 e. The Labute approximate surface area is 133 Å². The van der Waals surface area contributed by atoms with Crippen LogP contribution in [0.1, 0.15) is 16.8 Å². The molecule has 2 aromatic heterocycles. The first-order chi connectivity index (χ1) is 11.3. The molecule has 1 amide bonds. The van der Waals surface area contributed by atoms with Gasteiger partial charge in [-0.05, 0) is 29.7 Å². The quantitative estimate of drug-likeness (QED) is 0.809. The Morgan fingerprint density at radius 2 is 2.22 bits per heavy atom. The topological polar surface area (TPSA) is 58.2 Å². The second-order valence-electron chi connectivity index (χ2n) is 5.73. The van der Waals surface area contributed by atoms with Crippen LogP contribution in [0.25, 0.3) is 10.9 Å². The van der Waals surface area contributed by atoms with E-state index >= 15 is 0 Å². The molecule has 116 valence electrons. The molecule has 3 aromatic rings. The van der Waals surface area contributed by atoms with Gasteiger partial charge >= 0.3 is 0 Å². The molecule has 0 saturated carbocycles. The fourth-order valence-electron chi connectivity index (χ4n) is 2.96. The molecule has 1 aromatic carbocycles. The summed E-state index contributed by atoms with van der Waals surface area (Å²) in [5.41, 5.74) is 1.69. The third kappa shape index (κ3) is 2.77. The minimum absolute atomic E-state index is 0.00284. The maximum Gasteiger partial charge on any atom is 0.254 e. The summed E-state index contributed by atoms with van der Waals surface area (Å²) in [6, 6.07) is 13.3. The summed E-state index contributed by atoms with van der Waals surface area (Å²) in [5.74, 6) is 0.660. The Hall–Kier alpha value is -2.82. The fourth-order valence-corrected chi connectivity index (χ4v) is 2.96. The summed E-state index contributed by atoms with van der Waals surface area (Å²) >= 11 is 0. The normalized spacial score (nSPS) is 17.6. The zero-order valence-corrected chi connectivity index (χ0v) is 12.6. The van der Waals surface area contributed by atoms with Crippen LogP contribution in [0.15, 0.2) is 54.9 Å². The van der Waals surface area contributed by atoms with Gasteiger partial charge in [0.25, 0.3) is 5.91 Å². The van der Waals surface area contributed by atoms with E-state index in [-0.39, 0.29) is 12.0 Å². The molecule has 0 spiro atoms. The maximum absolute atomic E-state index is 12.7. The maximum atomic E-state index is 12.7. The average molecular weight is 307 g/mol. The SMILES string of the molecule is O=C(c1ccc2cc[nH]c2c1)N1CCC(Oc2ccccn2)C1. The van der Waals surface area contributed by atoms with Crippen molar-refractivity contribution in [2.45, 2.75) is 12.5 Å². The zero-order chi connectivity index (χ0) is 15.6. The number of ether oxygens (including phenoxy) is 1. The van der Waals surface area contributed by atoms with Crippen LogP contribution in [0.5, 0.6) is 5.88 Å². The van der Waals surface area contributed by atoms with Crippen molar-refractivity contribution in [1.82, 2.24) is 14.9 Å². The number of nitrogens with zero attached hydrogens (tertiary/aromatic N) is 2. The standard InChI is InChI=1S/C18H17N3O2/c22-18(14-5-4-13-6-9-19-16(13)11-14)21-10-7-15(12-21)23-17-3-1-2-8-20-17/h1-6,8-9,11,15,19H,7,10,12H2. The molecule has 5 heteroatoms. The molecule has 0 bridgehead atoms. The number of benzene rings is 1. The van der Waals surface area contributed by atoms with E-state index in [0.717, 1.165) is 17.3 Å². The predicted octanol–water partition coefficient (Wildman–Crippen LogP) is 2.86. The molecule has 4 rings (SSSR count). The van der Waals surface area contributed by atoms with Gasteiger partial charge in [-0.1, -0.05) is 12.1 Å². The van der Waals surface area contributed by atoms with Crippen LogP contribution >= 0.6 is 0 Å². The van der Waals surface area contributed by atoms with Gasteiger partial charge in [-0.15, -0.1) is 0 Å². The van der Waals surface area contributed by atoms with Crippen molar-refractivity contribution >= 4 is 16.8 Å². The van der Waals surface area contributed by atoms with E-state index in [1.165, 1.54) is 0 Å². The lowest BCUT2D eigenvalue weighted by atomic mass is 10.1. The molecule has 5 nitrogen and oxygen atoms in total. The minimum Gasteiger partial charge on any atom is -0.472 e. The van der Waals surface area contributed by atoms with Gasteiger partial charge in [0.2, 0.25) is 5.88 Å². The first kappa shape index (κ1) is 13.8. The second-order valence-corrected chi connectivity index (χ2v) is 5.73. The molecule has 23 heavy (non-hydrogen) atoms. The van der Waals surface area contributed by atoms with Crippen molar-refractivity contribution in [2.24, 2.45) is 0 Å². The van der Waals surface area contributed by atoms with Crippen LogP contribution in [0.2, 0.25) is 0 Å². The number of aromatic amines is 1. The summed E-state index contributed by atoms with van der Waals surface area (Å²) in [6.07, 6.45) is 4.42. The van der Waals surface area contributed by atoms with Crippen LogP contribution in [-0.4, -0.2) is 40.0 Å². The van der Waals surface area contributed by atoms with E-state index in [1.807, 2.05) is 53.6 Å². The summed E-state index contributed by atoms with van der Waals surface area (Å²) in [7, 11) is 0. The van der Waals surface area contributed by atoms with Gasteiger partial charge in [-0.3, -0.25) is 4.79 Å². The molecule has 0 radical (unpaired) electrons. The Balaban J connectivity index is 1.45. The van der Waals surface area contributed by atoms with E-state index in [2.05, 4.69) is 9.97 Å². The molecular weight excluding hydrogens is 290 g/mol. The zero-order valence-electron chi connectivity index (χ0n) is 12.6. The lowest BCUT2D eigenvalue weighted by Gasteiger charge is -2.17. The van der Waals surface area contributed by atoms with Crippen LogP contribution < -0.4 is 4.74 Å². The van der Waals surface area contributed by atoms with Gasteiger partial charge in [0.1, 0.15) is 6.10 Å². The van der Waals surface area contributed by atoms with E-state index in [9.17, 15) is 4.79 Å². The van der Waals surface area contributed by atoms with Gasteiger partial charge < -0.3 is 14.6 Å². The number of likely N-dealkylation sites (tertiary alicyclic amines) is 1. The highest BCUT2D eigenvalue weighted by Gasteiger charge is 2.28. The molecule has 3 heterocycles. The van der Waals surface area contributed by atoms with E-state index in [0.29, 0.717) is 24.5 Å². The van der Waals surface area contributed by atoms with Crippen LogP contribution in [0.3, 0.4) is 0 Å². The summed E-state index contributed by atoms with van der Waals surface area (Å²) in [5, 5.41) is 1.11. The lowest BCUT2D eigenvalue weighted by molar-refractivity contribution is 0.0771. The number of hydrogen-bond acceptors (Lipinski definition) is 3. The number of carbonyl (C=O) groups is 1. The molecule has 0 aliphatic carbocycles. The van der Waals surface area contributed by atoms with Crippen LogP contribution in [0, 0.1) is 0 Å². The van der Waals surface area contributed by atoms with Crippen molar-refractivity contribution < 1.29 is 9.53 Å². The minimum atomic E-state index is 0.00284. The van der Waals surface area contributed by atoms with E-state index in [1.54, 1.807) is 6.20 Å². The summed E-state index contributed by atoms with van der Waals surface area (Å²) < 4.78 is 5.84. The molecule has 1 unspecified atom stereocenters. The number of amides is 1. The lowest BCUT2D eigenvalue weighted by Crippen LogP contribution is -2.31. The van der Waals surface area contributed by atoms with E-state index < -0.39 is 0 Å². The number of hydrogen-bond donors (Lipinski definition) is 1. The average Bonchev–Trinajstić information content (AvgIpc) is 3.23. The first-order valence-electron chi connectivity index (χ1n) is 7.74. The van der Waals surface area contributed by atoms with Gasteiger partial charge in [0, 0.05) is 42.5 Å². The highest BCUT2D eigenvalue weighted by atomic mass is 16.5. The highest BCUT2D eigenvalue weighted by Crippen LogP contribution is 2.20. The van der Waals surface area contributed by atoms with Crippen LogP contribution in [-0.2, 0) is 0 Å². The van der Waals surface area contributed by atoms with Crippen molar-refractivity contribution in [1.29, 1.82) is 0 Å². The molecule has 1 aliphatic heterocycles. The van der Waals surface area contributed by atoms with E-state index in [4.69, 9.17) is 4.74 Å². The third-order valence-corrected chi connectivity index (χ3v) is 4.16. The third-order valence-electron chi connectivity index (χ3n) is 4.16. The van der Waals surface area contributed by atoms with Gasteiger partial charge in [-0.2, -0.15) is 0 Å². The summed E-state index contributed by atoms with van der Waals surface area (Å²) in [4.78, 5) is 21.8. The Kier molecular flexibility index (Phi) is 3.46. The van der Waals surface area contributed by atoms with Gasteiger partial charge in [0.15, 0.2) is 0 Å². The number of pyridine rings is 1. The summed E-state index contributed by atoms with van der Waals surface area (Å²) in [6.45, 7) is 1.30. The number of H-pyrrole nitrogens is 1. The Bertz CT molecular complexity index is 828. The van der Waals surface area contributed by atoms with Crippen LogP contribution in [0.4, 0.5) is 0 Å². The van der Waals surface area contributed by atoms with Gasteiger partial charge in [-0.25, -0.2) is 4.98 Å². The highest BCUT2D eigenvalue weighted by molar-refractivity contribution is 5.98. The molecule has 1 saturated heterocycles. The van der Waals surface area contributed by atoms with Crippen molar-refractivity contribution in [3.63, 3.8) is 0 Å². The molecule has 1 fully saturated rings. The molecular formula is C18H17N3O2. The molecule has 1 atom stereocenters. The van der Waals surface area contributed by atoms with Crippen molar-refractivity contribution in [3.05, 3.63) is 60.4 Å². The van der Waals surface area contributed by atoms with Gasteiger partial charge in [0.05, 0.1) is 6.54 Å².